The number of likely N-dealkylation sites (N-methyl/N-ethyl adjacent to an activating group) is 1. The predicted molar refractivity (Wildman–Crippen MR) is 96.9 cm³/mol. The summed E-state index contributed by atoms with van der Waals surface area (Å²) in [6.45, 7) is 14.7. The molecule has 0 fully saturated rings. The van der Waals surface area contributed by atoms with Crippen molar-refractivity contribution in [2.75, 3.05) is 19.6 Å². The van der Waals surface area contributed by atoms with Crippen molar-refractivity contribution in [3.8, 4) is 0 Å². The normalized spacial score (nSPS) is 13.7. The van der Waals surface area contributed by atoms with Crippen LogP contribution in [0.15, 0.2) is 28.7 Å². The molecule has 3 heteroatoms. The van der Waals surface area contributed by atoms with Crippen LogP contribution in [0.3, 0.4) is 0 Å². The summed E-state index contributed by atoms with van der Waals surface area (Å²) < 4.78 is 1.15. The Kier molecular flexibility index (Phi) is 7.93. The zero-order chi connectivity index (χ0) is 15.9. The monoisotopic (exact) mass is 354 g/mol. The molecule has 120 valence electrons. The van der Waals surface area contributed by atoms with Gasteiger partial charge in [0.05, 0.1) is 0 Å². The molecule has 1 aromatic carbocycles. The van der Waals surface area contributed by atoms with Gasteiger partial charge in [0.1, 0.15) is 0 Å². The highest BCUT2D eigenvalue weighted by atomic mass is 79.9. The third kappa shape index (κ3) is 5.39. The average molecular weight is 355 g/mol. The second kappa shape index (κ2) is 8.92. The Morgan fingerprint density at radius 2 is 1.67 bits per heavy atom. The van der Waals surface area contributed by atoms with Crippen molar-refractivity contribution < 1.29 is 0 Å². The SMILES string of the molecule is CCCNC(Cc1ccc(Br)cc1)C(C)(C)N(CC)CC. The highest BCUT2D eigenvalue weighted by Gasteiger charge is 2.33. The van der Waals surface area contributed by atoms with Gasteiger partial charge in [0.2, 0.25) is 0 Å². The Bertz CT molecular complexity index is 396. The molecule has 0 saturated heterocycles. The molecule has 21 heavy (non-hydrogen) atoms. The number of nitrogens with one attached hydrogen (secondary N) is 1. The van der Waals surface area contributed by atoms with Crippen molar-refractivity contribution in [2.24, 2.45) is 0 Å². The maximum atomic E-state index is 3.77. The van der Waals surface area contributed by atoms with Gasteiger partial charge in [-0.3, -0.25) is 4.90 Å². The summed E-state index contributed by atoms with van der Waals surface area (Å²) in [5, 5.41) is 3.77. The van der Waals surface area contributed by atoms with Gasteiger partial charge in [0.25, 0.3) is 0 Å². The highest BCUT2D eigenvalue weighted by Crippen LogP contribution is 2.23. The van der Waals surface area contributed by atoms with Crippen molar-refractivity contribution in [3.05, 3.63) is 34.3 Å². The summed E-state index contributed by atoms with van der Waals surface area (Å²) in [6.07, 6.45) is 2.24. The standard InChI is InChI=1S/C18H31BrN2/c1-6-13-20-17(18(4,5)21(7-2)8-3)14-15-9-11-16(19)12-10-15/h9-12,17,20H,6-8,13-14H2,1-5H3. The van der Waals surface area contributed by atoms with Gasteiger partial charge in [-0.2, -0.15) is 0 Å². The van der Waals surface area contributed by atoms with Crippen LogP contribution in [-0.2, 0) is 6.42 Å². The van der Waals surface area contributed by atoms with E-state index in [-0.39, 0.29) is 5.54 Å². The number of rotatable bonds is 9. The number of nitrogens with zero attached hydrogens (tertiary/aromatic N) is 1. The van der Waals surface area contributed by atoms with Crippen LogP contribution in [0.4, 0.5) is 0 Å². The van der Waals surface area contributed by atoms with Gasteiger partial charge in [-0.05, 0) is 64.0 Å². The predicted octanol–water partition coefficient (Wildman–Crippen LogP) is 4.48. The summed E-state index contributed by atoms with van der Waals surface area (Å²) in [5.74, 6) is 0. The Morgan fingerprint density at radius 1 is 1.10 bits per heavy atom. The van der Waals surface area contributed by atoms with Gasteiger partial charge < -0.3 is 5.32 Å². The van der Waals surface area contributed by atoms with E-state index < -0.39 is 0 Å². The second-order valence-electron chi connectivity index (χ2n) is 6.16. The van der Waals surface area contributed by atoms with Crippen molar-refractivity contribution in [1.29, 1.82) is 0 Å². The van der Waals surface area contributed by atoms with Crippen LogP contribution in [0.25, 0.3) is 0 Å². The molecular weight excluding hydrogens is 324 g/mol. The lowest BCUT2D eigenvalue weighted by atomic mass is 9.87. The molecule has 1 aromatic rings. The van der Waals surface area contributed by atoms with Crippen LogP contribution < -0.4 is 5.32 Å². The van der Waals surface area contributed by atoms with E-state index in [1.165, 1.54) is 12.0 Å². The van der Waals surface area contributed by atoms with Crippen molar-refractivity contribution in [1.82, 2.24) is 10.2 Å². The van der Waals surface area contributed by atoms with Crippen LogP contribution in [0.5, 0.6) is 0 Å². The molecule has 0 bridgehead atoms. The van der Waals surface area contributed by atoms with E-state index in [2.05, 4.69) is 85.0 Å². The van der Waals surface area contributed by atoms with E-state index >= 15 is 0 Å². The van der Waals surface area contributed by atoms with E-state index in [0.717, 1.165) is 30.5 Å². The van der Waals surface area contributed by atoms with Crippen LogP contribution in [0, 0.1) is 0 Å². The second-order valence-corrected chi connectivity index (χ2v) is 7.08. The smallest absolute Gasteiger partial charge is 0.0309 e. The summed E-state index contributed by atoms with van der Waals surface area (Å²) in [4.78, 5) is 2.55. The quantitative estimate of drug-likeness (QED) is 0.703. The Hall–Kier alpha value is -0.380. The number of benzene rings is 1. The van der Waals surface area contributed by atoms with Crippen LogP contribution >= 0.6 is 15.9 Å². The van der Waals surface area contributed by atoms with Gasteiger partial charge in [-0.15, -0.1) is 0 Å². The van der Waals surface area contributed by atoms with Gasteiger partial charge in [0.15, 0.2) is 0 Å². The van der Waals surface area contributed by atoms with E-state index in [1.54, 1.807) is 0 Å². The maximum Gasteiger partial charge on any atom is 0.0309 e. The minimum atomic E-state index is 0.145. The fraction of sp³-hybridized carbons (Fsp3) is 0.667. The molecule has 1 atom stereocenters. The Morgan fingerprint density at radius 3 is 2.14 bits per heavy atom. The molecule has 1 N–H and O–H groups in total. The molecule has 1 unspecified atom stereocenters. The number of halogens is 1. The van der Waals surface area contributed by atoms with Crippen LogP contribution in [0.1, 0.15) is 46.6 Å². The van der Waals surface area contributed by atoms with Crippen LogP contribution in [-0.4, -0.2) is 36.1 Å². The molecule has 0 spiro atoms. The highest BCUT2D eigenvalue weighted by molar-refractivity contribution is 9.10. The van der Waals surface area contributed by atoms with E-state index in [9.17, 15) is 0 Å². The summed E-state index contributed by atoms with van der Waals surface area (Å²) in [7, 11) is 0. The van der Waals surface area contributed by atoms with Crippen molar-refractivity contribution in [2.45, 2.75) is 59.0 Å². The minimum absolute atomic E-state index is 0.145. The van der Waals surface area contributed by atoms with Gasteiger partial charge >= 0.3 is 0 Å². The first-order valence-corrected chi connectivity index (χ1v) is 8.97. The fourth-order valence-corrected chi connectivity index (χ4v) is 3.27. The summed E-state index contributed by atoms with van der Waals surface area (Å²) in [6, 6.07) is 9.18. The largest absolute Gasteiger partial charge is 0.312 e. The fourth-order valence-electron chi connectivity index (χ4n) is 3.01. The molecule has 0 saturated carbocycles. The Balaban J connectivity index is 2.90. The lowest BCUT2D eigenvalue weighted by molar-refractivity contribution is 0.0911. The van der Waals surface area contributed by atoms with Gasteiger partial charge in [-0.25, -0.2) is 0 Å². The minimum Gasteiger partial charge on any atom is -0.312 e. The molecule has 0 aliphatic rings. The molecule has 0 radical (unpaired) electrons. The molecule has 0 heterocycles. The lowest BCUT2D eigenvalue weighted by Gasteiger charge is -2.44. The van der Waals surface area contributed by atoms with Gasteiger partial charge in [-0.1, -0.05) is 48.8 Å². The molecule has 0 aliphatic heterocycles. The van der Waals surface area contributed by atoms with Crippen LogP contribution in [0.2, 0.25) is 0 Å². The molecule has 2 nitrogen and oxygen atoms in total. The third-order valence-electron chi connectivity index (χ3n) is 4.43. The summed E-state index contributed by atoms with van der Waals surface area (Å²) in [5.41, 5.74) is 1.54. The zero-order valence-corrected chi connectivity index (χ0v) is 15.8. The molecule has 0 amide bonds. The topological polar surface area (TPSA) is 15.3 Å². The molecular formula is C18H31BrN2. The number of hydrogen-bond acceptors (Lipinski definition) is 2. The van der Waals surface area contributed by atoms with Crippen molar-refractivity contribution >= 4 is 15.9 Å². The maximum absolute atomic E-state index is 3.77. The third-order valence-corrected chi connectivity index (χ3v) is 4.95. The van der Waals surface area contributed by atoms with Crippen molar-refractivity contribution in [3.63, 3.8) is 0 Å². The first kappa shape index (κ1) is 18.7. The summed E-state index contributed by atoms with van der Waals surface area (Å²) >= 11 is 3.51. The Labute approximate surface area is 139 Å². The molecule has 1 rings (SSSR count). The number of hydrogen-bond donors (Lipinski definition) is 1. The van der Waals surface area contributed by atoms with E-state index in [0.29, 0.717) is 6.04 Å². The zero-order valence-electron chi connectivity index (χ0n) is 14.2. The molecule has 0 aromatic heterocycles. The van der Waals surface area contributed by atoms with E-state index in [1.807, 2.05) is 0 Å². The first-order valence-electron chi connectivity index (χ1n) is 8.18. The van der Waals surface area contributed by atoms with E-state index in [4.69, 9.17) is 0 Å². The molecule has 0 aliphatic carbocycles. The lowest BCUT2D eigenvalue weighted by Crippen LogP contribution is -2.58. The van der Waals surface area contributed by atoms with Gasteiger partial charge in [0, 0.05) is 16.1 Å². The first-order chi connectivity index (χ1) is 9.95. The average Bonchev–Trinajstić information content (AvgIpc) is 2.46.